The largest absolute Gasteiger partial charge is 0.352 e. The molecule has 3 rings (SSSR count). The third-order valence-electron chi connectivity index (χ3n) is 5.24. The minimum absolute atomic E-state index is 0.0732. The van der Waals surface area contributed by atoms with Crippen molar-refractivity contribution < 1.29 is 4.79 Å². The molecule has 1 amide bonds. The monoisotopic (exact) mass is 368 g/mol. The van der Waals surface area contributed by atoms with E-state index in [1.807, 2.05) is 0 Å². The van der Waals surface area contributed by atoms with Gasteiger partial charge in [-0.2, -0.15) is 0 Å². The summed E-state index contributed by atoms with van der Waals surface area (Å²) in [5.74, 6) is 2.80. The quantitative estimate of drug-likeness (QED) is 0.726. The zero-order chi connectivity index (χ0) is 19.4. The molecule has 0 radical (unpaired) electrons. The van der Waals surface area contributed by atoms with Crippen molar-refractivity contribution in [3.05, 3.63) is 46.5 Å². The van der Waals surface area contributed by atoms with Gasteiger partial charge in [-0.05, 0) is 50.2 Å². The number of aryl methyl sites for hydroxylation is 4. The van der Waals surface area contributed by atoms with Crippen molar-refractivity contribution >= 4 is 5.91 Å². The van der Waals surface area contributed by atoms with E-state index in [4.69, 9.17) is 0 Å². The lowest BCUT2D eigenvalue weighted by molar-refractivity contribution is -0.121. The molecule has 5 nitrogen and oxygen atoms in total. The van der Waals surface area contributed by atoms with Gasteiger partial charge in [-0.15, -0.1) is 10.2 Å². The molecule has 146 valence electrons. The van der Waals surface area contributed by atoms with Crippen LogP contribution in [0.25, 0.3) is 0 Å². The van der Waals surface area contributed by atoms with Crippen LogP contribution < -0.4 is 5.32 Å². The second kappa shape index (κ2) is 8.68. The van der Waals surface area contributed by atoms with Crippen molar-refractivity contribution in [2.45, 2.75) is 78.8 Å². The fourth-order valence-corrected chi connectivity index (χ4v) is 3.43. The number of hydrogen-bond acceptors (Lipinski definition) is 3. The average molecular weight is 369 g/mol. The highest BCUT2D eigenvalue weighted by Crippen LogP contribution is 2.37. The highest BCUT2D eigenvalue weighted by Gasteiger charge is 2.29. The summed E-state index contributed by atoms with van der Waals surface area (Å²) in [6.07, 6.45) is 5.63. The molecule has 0 spiro atoms. The van der Waals surface area contributed by atoms with Crippen LogP contribution in [0.15, 0.2) is 18.2 Å². The maximum atomic E-state index is 12.3. The molecule has 1 aliphatic rings. The van der Waals surface area contributed by atoms with Crippen LogP contribution in [0.2, 0.25) is 0 Å². The van der Waals surface area contributed by atoms with E-state index < -0.39 is 0 Å². The number of nitrogens with one attached hydrogen (secondary N) is 1. The molecule has 1 heterocycles. The number of hydrogen-bond donors (Lipinski definition) is 1. The SMILES string of the molecule is Cc1ccc(CNC(=O)CCc2nnc(CCC(C)C)n2C2CC2)c(C)c1. The second-order valence-corrected chi connectivity index (χ2v) is 8.27. The Balaban J connectivity index is 1.54. The van der Waals surface area contributed by atoms with Gasteiger partial charge in [0.15, 0.2) is 0 Å². The topological polar surface area (TPSA) is 59.8 Å². The van der Waals surface area contributed by atoms with Crippen molar-refractivity contribution in [1.82, 2.24) is 20.1 Å². The minimum Gasteiger partial charge on any atom is -0.352 e. The molecule has 1 aromatic heterocycles. The number of benzene rings is 1. The highest BCUT2D eigenvalue weighted by atomic mass is 16.1. The molecule has 0 saturated heterocycles. The first-order valence-corrected chi connectivity index (χ1v) is 10.2. The molecule has 0 unspecified atom stereocenters. The minimum atomic E-state index is 0.0732. The van der Waals surface area contributed by atoms with Gasteiger partial charge in [-0.25, -0.2) is 0 Å². The zero-order valence-electron chi connectivity index (χ0n) is 17.1. The number of aromatic nitrogens is 3. The first-order chi connectivity index (χ1) is 12.9. The first kappa shape index (κ1) is 19.6. The lowest BCUT2D eigenvalue weighted by Crippen LogP contribution is -2.24. The van der Waals surface area contributed by atoms with Gasteiger partial charge in [0, 0.05) is 31.8 Å². The lowest BCUT2D eigenvalue weighted by atomic mass is 10.1. The molecular weight excluding hydrogens is 336 g/mol. The van der Waals surface area contributed by atoms with E-state index in [1.165, 1.54) is 29.5 Å². The molecule has 5 heteroatoms. The molecule has 1 aromatic carbocycles. The summed E-state index contributed by atoms with van der Waals surface area (Å²) in [7, 11) is 0. The van der Waals surface area contributed by atoms with Crippen LogP contribution in [-0.4, -0.2) is 20.7 Å². The molecular formula is C22H32N4O. The van der Waals surface area contributed by atoms with E-state index in [0.717, 1.165) is 24.5 Å². The zero-order valence-corrected chi connectivity index (χ0v) is 17.1. The summed E-state index contributed by atoms with van der Waals surface area (Å²) in [6.45, 7) is 9.23. The predicted octanol–water partition coefficient (Wildman–Crippen LogP) is 4.07. The van der Waals surface area contributed by atoms with Crippen molar-refractivity contribution in [3.63, 3.8) is 0 Å². The van der Waals surface area contributed by atoms with Crippen LogP contribution >= 0.6 is 0 Å². The lowest BCUT2D eigenvalue weighted by Gasteiger charge is -2.11. The third kappa shape index (κ3) is 5.41. The summed E-state index contributed by atoms with van der Waals surface area (Å²) in [4.78, 5) is 12.3. The Labute approximate surface area is 162 Å². The standard InChI is InChI=1S/C22H32N4O/c1-15(2)5-10-20-24-25-21(26(20)19-8-9-19)11-12-22(27)23-14-18-7-6-16(3)13-17(18)4/h6-7,13,15,19H,5,8-12,14H2,1-4H3,(H,23,27). The summed E-state index contributed by atoms with van der Waals surface area (Å²) >= 11 is 0. The number of carbonyl (C=O) groups is 1. The van der Waals surface area contributed by atoms with E-state index >= 15 is 0 Å². The van der Waals surface area contributed by atoms with E-state index in [-0.39, 0.29) is 5.91 Å². The third-order valence-corrected chi connectivity index (χ3v) is 5.24. The summed E-state index contributed by atoms with van der Waals surface area (Å²) < 4.78 is 2.31. The van der Waals surface area contributed by atoms with Crippen molar-refractivity contribution in [2.75, 3.05) is 0 Å². The van der Waals surface area contributed by atoms with Crippen LogP contribution in [0.3, 0.4) is 0 Å². The Hall–Kier alpha value is -2.17. The normalized spacial score (nSPS) is 14.0. The van der Waals surface area contributed by atoms with E-state index in [2.05, 4.69) is 66.0 Å². The Morgan fingerprint density at radius 2 is 1.89 bits per heavy atom. The Morgan fingerprint density at radius 1 is 1.19 bits per heavy atom. The Bertz CT molecular complexity index is 790. The first-order valence-electron chi connectivity index (χ1n) is 10.2. The number of nitrogens with zero attached hydrogens (tertiary/aromatic N) is 3. The predicted molar refractivity (Wildman–Crippen MR) is 108 cm³/mol. The van der Waals surface area contributed by atoms with E-state index in [9.17, 15) is 4.79 Å². The Kier molecular flexibility index (Phi) is 6.30. The molecule has 0 aliphatic heterocycles. The van der Waals surface area contributed by atoms with Crippen molar-refractivity contribution in [1.29, 1.82) is 0 Å². The number of carbonyl (C=O) groups excluding carboxylic acids is 1. The molecule has 2 aromatic rings. The van der Waals surface area contributed by atoms with E-state index in [0.29, 0.717) is 31.3 Å². The maximum Gasteiger partial charge on any atom is 0.220 e. The van der Waals surface area contributed by atoms with Gasteiger partial charge in [0.2, 0.25) is 5.91 Å². The molecule has 1 fully saturated rings. The van der Waals surface area contributed by atoms with Crippen molar-refractivity contribution in [3.8, 4) is 0 Å². The average Bonchev–Trinajstić information content (AvgIpc) is 3.37. The second-order valence-electron chi connectivity index (χ2n) is 8.27. The van der Waals surface area contributed by atoms with E-state index in [1.54, 1.807) is 0 Å². The van der Waals surface area contributed by atoms with Crippen LogP contribution in [0, 0.1) is 19.8 Å². The van der Waals surface area contributed by atoms with Gasteiger partial charge < -0.3 is 9.88 Å². The van der Waals surface area contributed by atoms with Crippen molar-refractivity contribution in [2.24, 2.45) is 5.92 Å². The molecule has 1 N–H and O–H groups in total. The number of amides is 1. The summed E-state index contributed by atoms with van der Waals surface area (Å²) in [6, 6.07) is 6.88. The van der Waals surface area contributed by atoms with Crippen LogP contribution in [0.5, 0.6) is 0 Å². The van der Waals surface area contributed by atoms with Gasteiger partial charge in [0.1, 0.15) is 11.6 Å². The fraction of sp³-hybridized carbons (Fsp3) is 0.591. The smallest absolute Gasteiger partial charge is 0.220 e. The highest BCUT2D eigenvalue weighted by molar-refractivity contribution is 5.76. The maximum absolute atomic E-state index is 12.3. The van der Waals surface area contributed by atoms with Crippen LogP contribution in [0.1, 0.15) is 73.9 Å². The van der Waals surface area contributed by atoms with Crippen LogP contribution in [0.4, 0.5) is 0 Å². The fourth-order valence-electron chi connectivity index (χ4n) is 3.43. The molecule has 1 saturated carbocycles. The van der Waals surface area contributed by atoms with Crippen LogP contribution in [-0.2, 0) is 24.2 Å². The Morgan fingerprint density at radius 3 is 2.52 bits per heavy atom. The summed E-state index contributed by atoms with van der Waals surface area (Å²) in [5, 5.41) is 11.9. The summed E-state index contributed by atoms with van der Waals surface area (Å²) in [5.41, 5.74) is 3.64. The van der Waals surface area contributed by atoms with Gasteiger partial charge >= 0.3 is 0 Å². The van der Waals surface area contributed by atoms with Gasteiger partial charge in [-0.3, -0.25) is 4.79 Å². The molecule has 27 heavy (non-hydrogen) atoms. The van der Waals surface area contributed by atoms with Gasteiger partial charge in [0.05, 0.1) is 0 Å². The molecule has 1 aliphatic carbocycles. The molecule has 0 bridgehead atoms. The number of rotatable bonds is 9. The van der Waals surface area contributed by atoms with Gasteiger partial charge in [-0.1, -0.05) is 37.6 Å². The molecule has 0 atom stereocenters. The van der Waals surface area contributed by atoms with Gasteiger partial charge in [0.25, 0.3) is 0 Å².